The molecule has 23 heavy (non-hydrogen) atoms. The molecule has 0 radical (unpaired) electrons. The van der Waals surface area contributed by atoms with Crippen LogP contribution in [0.2, 0.25) is 0 Å². The number of anilines is 1. The Balaban J connectivity index is 1.85. The van der Waals surface area contributed by atoms with Gasteiger partial charge in [0.15, 0.2) is 5.75 Å². The molecule has 0 bridgehead atoms. The van der Waals surface area contributed by atoms with Gasteiger partial charge >= 0.3 is 0 Å². The van der Waals surface area contributed by atoms with Crippen LogP contribution >= 0.6 is 0 Å². The predicted octanol–water partition coefficient (Wildman–Crippen LogP) is 3.11. The van der Waals surface area contributed by atoms with Crippen molar-refractivity contribution in [2.75, 3.05) is 5.73 Å². The first-order valence-electron chi connectivity index (χ1n) is 7.19. The summed E-state index contributed by atoms with van der Waals surface area (Å²) in [5, 5.41) is 4.31. The van der Waals surface area contributed by atoms with Gasteiger partial charge in [-0.2, -0.15) is 5.10 Å². The number of para-hydroxylation sites is 2. The molecular formula is C17H15N5O. The molecule has 0 unspecified atom stereocenters. The van der Waals surface area contributed by atoms with Crippen molar-refractivity contribution in [1.82, 2.24) is 19.2 Å². The molecule has 0 amide bonds. The Kier molecular flexibility index (Phi) is 3.01. The average Bonchev–Trinajstić information content (AvgIpc) is 3.18. The molecule has 6 nitrogen and oxygen atoms in total. The highest BCUT2D eigenvalue weighted by Gasteiger charge is 2.11. The first-order valence-corrected chi connectivity index (χ1v) is 7.19. The van der Waals surface area contributed by atoms with Crippen molar-refractivity contribution in [2.45, 2.75) is 0 Å². The number of rotatable bonds is 3. The number of fused-ring (bicyclic) bond motifs is 1. The zero-order valence-electron chi connectivity index (χ0n) is 12.5. The summed E-state index contributed by atoms with van der Waals surface area (Å²) < 4.78 is 9.71. The molecule has 0 fully saturated rings. The van der Waals surface area contributed by atoms with E-state index in [-0.39, 0.29) is 0 Å². The first-order chi connectivity index (χ1) is 11.2. The second-order valence-corrected chi connectivity index (χ2v) is 5.32. The van der Waals surface area contributed by atoms with Crippen molar-refractivity contribution in [2.24, 2.45) is 7.05 Å². The highest BCUT2D eigenvalue weighted by Crippen LogP contribution is 2.33. The van der Waals surface area contributed by atoms with Crippen LogP contribution in [0.25, 0.3) is 16.8 Å². The molecule has 0 aliphatic heterocycles. The van der Waals surface area contributed by atoms with Crippen LogP contribution < -0.4 is 10.5 Å². The summed E-state index contributed by atoms with van der Waals surface area (Å²) in [6.07, 6.45) is 7.38. The smallest absolute Gasteiger partial charge is 0.153 e. The van der Waals surface area contributed by atoms with Gasteiger partial charge < -0.3 is 15.0 Å². The van der Waals surface area contributed by atoms with Gasteiger partial charge in [-0.15, -0.1) is 0 Å². The third-order valence-electron chi connectivity index (χ3n) is 3.61. The lowest BCUT2D eigenvalue weighted by Gasteiger charge is -2.11. The summed E-state index contributed by atoms with van der Waals surface area (Å²) in [6.45, 7) is 0. The van der Waals surface area contributed by atoms with Crippen LogP contribution in [0.15, 0.2) is 61.3 Å². The second kappa shape index (κ2) is 5.17. The number of benzene rings is 1. The van der Waals surface area contributed by atoms with Gasteiger partial charge in [0.25, 0.3) is 0 Å². The fourth-order valence-corrected chi connectivity index (χ4v) is 2.47. The second-order valence-electron chi connectivity index (χ2n) is 5.32. The molecule has 6 heteroatoms. The van der Waals surface area contributed by atoms with E-state index in [1.807, 2.05) is 60.4 Å². The fraction of sp³-hybridized carbons (Fsp3) is 0.0588. The van der Waals surface area contributed by atoms with E-state index in [0.29, 0.717) is 17.2 Å². The van der Waals surface area contributed by atoms with E-state index in [4.69, 9.17) is 10.5 Å². The maximum atomic E-state index is 6.03. The zero-order chi connectivity index (χ0) is 15.8. The molecule has 0 spiro atoms. The number of hydrogen-bond donors (Lipinski definition) is 1. The van der Waals surface area contributed by atoms with Crippen molar-refractivity contribution in [1.29, 1.82) is 0 Å². The van der Waals surface area contributed by atoms with Gasteiger partial charge in [-0.05, 0) is 24.3 Å². The van der Waals surface area contributed by atoms with E-state index in [2.05, 4.69) is 10.1 Å². The minimum Gasteiger partial charge on any atom is -0.453 e. The summed E-state index contributed by atoms with van der Waals surface area (Å²) in [5.41, 5.74) is 9.22. The molecule has 0 saturated carbocycles. The molecule has 2 N–H and O–H groups in total. The van der Waals surface area contributed by atoms with Gasteiger partial charge in [0.05, 0.1) is 23.9 Å². The van der Waals surface area contributed by atoms with Crippen LogP contribution in [0.1, 0.15) is 0 Å². The average molecular weight is 305 g/mol. The Morgan fingerprint density at radius 2 is 1.96 bits per heavy atom. The largest absolute Gasteiger partial charge is 0.453 e. The van der Waals surface area contributed by atoms with Gasteiger partial charge in [0, 0.05) is 25.0 Å². The standard InChI is InChI=1S/C17H15N5O/c1-21-10-14(19-11-21)12-8-17(15-6-7-20-22(15)9-12)23-16-5-3-2-4-13(16)18/h2-11H,18H2,1H3. The number of imidazole rings is 1. The maximum Gasteiger partial charge on any atom is 0.153 e. The molecule has 3 heterocycles. The lowest BCUT2D eigenvalue weighted by molar-refractivity contribution is 0.488. The maximum absolute atomic E-state index is 6.03. The summed E-state index contributed by atoms with van der Waals surface area (Å²) in [5.74, 6) is 1.30. The van der Waals surface area contributed by atoms with Crippen molar-refractivity contribution < 1.29 is 4.74 Å². The highest BCUT2D eigenvalue weighted by atomic mass is 16.5. The Morgan fingerprint density at radius 3 is 2.74 bits per heavy atom. The Labute approximate surface area is 132 Å². The molecule has 1 aromatic carbocycles. The monoisotopic (exact) mass is 305 g/mol. The molecule has 4 rings (SSSR count). The molecule has 114 valence electrons. The van der Waals surface area contributed by atoms with E-state index < -0.39 is 0 Å². The Hall–Kier alpha value is -3.28. The lowest BCUT2D eigenvalue weighted by Crippen LogP contribution is -1.96. The minimum absolute atomic E-state index is 0.591. The molecule has 0 atom stereocenters. The summed E-state index contributed by atoms with van der Waals surface area (Å²) >= 11 is 0. The molecule has 3 aromatic heterocycles. The van der Waals surface area contributed by atoms with Gasteiger partial charge in [0.2, 0.25) is 0 Å². The van der Waals surface area contributed by atoms with Gasteiger partial charge in [-0.25, -0.2) is 9.50 Å². The third-order valence-corrected chi connectivity index (χ3v) is 3.61. The van der Waals surface area contributed by atoms with Crippen molar-refractivity contribution in [3.05, 3.63) is 61.3 Å². The van der Waals surface area contributed by atoms with Gasteiger partial charge in [-0.3, -0.25) is 0 Å². The van der Waals surface area contributed by atoms with Crippen LogP contribution in [0.5, 0.6) is 11.5 Å². The van der Waals surface area contributed by atoms with Crippen molar-refractivity contribution in [3.63, 3.8) is 0 Å². The number of ether oxygens (including phenoxy) is 1. The van der Waals surface area contributed by atoms with Crippen LogP contribution in [-0.4, -0.2) is 19.2 Å². The number of aryl methyl sites for hydroxylation is 1. The molecule has 0 saturated heterocycles. The van der Waals surface area contributed by atoms with Gasteiger partial charge in [-0.1, -0.05) is 12.1 Å². The van der Waals surface area contributed by atoms with Crippen LogP contribution in [0.4, 0.5) is 5.69 Å². The van der Waals surface area contributed by atoms with Crippen LogP contribution in [0.3, 0.4) is 0 Å². The number of hydrogen-bond acceptors (Lipinski definition) is 4. The van der Waals surface area contributed by atoms with Crippen molar-refractivity contribution >= 4 is 11.2 Å². The minimum atomic E-state index is 0.591. The third kappa shape index (κ3) is 2.40. The van der Waals surface area contributed by atoms with Crippen LogP contribution in [-0.2, 0) is 7.05 Å². The quantitative estimate of drug-likeness (QED) is 0.590. The highest BCUT2D eigenvalue weighted by molar-refractivity contribution is 5.70. The molecule has 4 aromatic rings. The number of nitrogens with two attached hydrogens (primary N) is 1. The van der Waals surface area contributed by atoms with E-state index in [9.17, 15) is 0 Å². The topological polar surface area (TPSA) is 70.4 Å². The number of pyridine rings is 1. The zero-order valence-corrected chi connectivity index (χ0v) is 12.5. The van der Waals surface area contributed by atoms with E-state index in [1.54, 1.807) is 17.0 Å². The summed E-state index contributed by atoms with van der Waals surface area (Å²) in [7, 11) is 1.94. The first kappa shape index (κ1) is 13.4. The molecule has 0 aliphatic rings. The summed E-state index contributed by atoms with van der Waals surface area (Å²) in [4.78, 5) is 4.38. The number of aromatic nitrogens is 4. The van der Waals surface area contributed by atoms with Gasteiger partial charge in [0.1, 0.15) is 11.3 Å². The number of nitrogen functional groups attached to an aromatic ring is 1. The lowest BCUT2D eigenvalue weighted by atomic mass is 10.2. The fourth-order valence-electron chi connectivity index (χ4n) is 2.47. The van der Waals surface area contributed by atoms with Crippen molar-refractivity contribution in [3.8, 4) is 22.8 Å². The summed E-state index contributed by atoms with van der Waals surface area (Å²) in [6, 6.07) is 11.3. The van der Waals surface area contributed by atoms with Crippen LogP contribution in [0, 0.1) is 0 Å². The Morgan fingerprint density at radius 1 is 1.09 bits per heavy atom. The van der Waals surface area contributed by atoms with E-state index in [0.717, 1.165) is 16.8 Å². The Bertz CT molecular complexity index is 985. The normalized spacial score (nSPS) is 11.0. The predicted molar refractivity (Wildman–Crippen MR) is 88.3 cm³/mol. The molecular weight excluding hydrogens is 290 g/mol. The van der Waals surface area contributed by atoms with E-state index >= 15 is 0 Å². The molecule has 0 aliphatic carbocycles. The number of nitrogens with zero attached hydrogens (tertiary/aromatic N) is 4. The SMILES string of the molecule is Cn1cnc(-c2cc(Oc3ccccc3N)c3ccnn3c2)c1. The van der Waals surface area contributed by atoms with E-state index in [1.165, 1.54) is 0 Å².